The van der Waals surface area contributed by atoms with E-state index in [-0.39, 0.29) is 16.7 Å². The number of thioether (sulfide) groups is 1. The zero-order valence-electron chi connectivity index (χ0n) is 15.5. The summed E-state index contributed by atoms with van der Waals surface area (Å²) in [7, 11) is 0. The molecule has 0 radical (unpaired) electrons. The molecule has 0 aliphatic rings. The molecule has 146 valence electrons. The molecule has 2 aromatic carbocycles. The third kappa shape index (κ3) is 4.63. The molecule has 28 heavy (non-hydrogen) atoms. The second-order valence-corrected chi connectivity index (χ2v) is 8.38. The van der Waals surface area contributed by atoms with Gasteiger partial charge in [-0.3, -0.25) is 4.79 Å². The molecule has 6 nitrogen and oxygen atoms in total. The van der Waals surface area contributed by atoms with Crippen LogP contribution in [0.4, 0.5) is 5.69 Å². The van der Waals surface area contributed by atoms with E-state index >= 15 is 0 Å². The van der Waals surface area contributed by atoms with E-state index < -0.39 is 5.97 Å². The number of para-hydroxylation sites is 1. The van der Waals surface area contributed by atoms with Gasteiger partial charge in [-0.2, -0.15) is 0 Å². The maximum atomic E-state index is 12.7. The average molecular weight is 417 g/mol. The van der Waals surface area contributed by atoms with Crippen molar-refractivity contribution in [2.75, 3.05) is 11.9 Å². The average Bonchev–Trinajstić information content (AvgIpc) is 3.08. The first-order chi connectivity index (χ1) is 13.5. The molecule has 0 spiro atoms. The molecule has 1 unspecified atom stereocenters. The van der Waals surface area contributed by atoms with Gasteiger partial charge in [0, 0.05) is 0 Å². The number of hydrogen-bond donors (Lipinski definition) is 2. The lowest BCUT2D eigenvalue weighted by Gasteiger charge is -2.14. The smallest absolute Gasteiger partial charge is 0.337 e. The second kappa shape index (κ2) is 9.07. The van der Waals surface area contributed by atoms with Gasteiger partial charge in [-0.25, -0.2) is 9.78 Å². The zero-order valence-corrected chi connectivity index (χ0v) is 17.1. The van der Waals surface area contributed by atoms with Crippen molar-refractivity contribution in [3.8, 4) is 5.75 Å². The molecule has 0 aliphatic heterocycles. The number of hydrogen-bond acceptors (Lipinski definition) is 6. The molecule has 1 aromatic heterocycles. The lowest BCUT2D eigenvalue weighted by atomic mass is 10.1. The van der Waals surface area contributed by atoms with Crippen molar-refractivity contribution in [2.45, 2.75) is 29.9 Å². The van der Waals surface area contributed by atoms with Crippen LogP contribution in [0.25, 0.3) is 10.2 Å². The van der Waals surface area contributed by atoms with Crippen molar-refractivity contribution in [1.29, 1.82) is 0 Å². The monoisotopic (exact) mass is 416 g/mol. The number of aromatic carboxylic acids is 1. The van der Waals surface area contributed by atoms with Gasteiger partial charge < -0.3 is 15.2 Å². The Hall–Kier alpha value is -2.58. The minimum absolute atomic E-state index is 0.0687. The third-order valence-corrected chi connectivity index (χ3v) is 6.45. The topological polar surface area (TPSA) is 88.5 Å². The summed E-state index contributed by atoms with van der Waals surface area (Å²) in [5, 5.41) is 11.6. The van der Waals surface area contributed by atoms with Crippen molar-refractivity contribution in [3.05, 3.63) is 48.0 Å². The quantitative estimate of drug-likeness (QED) is 0.508. The van der Waals surface area contributed by atoms with Crippen molar-refractivity contribution < 1.29 is 19.4 Å². The Morgan fingerprint density at radius 3 is 2.75 bits per heavy atom. The summed E-state index contributed by atoms with van der Waals surface area (Å²) in [6.07, 6.45) is 0.589. The van der Waals surface area contributed by atoms with E-state index in [4.69, 9.17) is 4.74 Å². The third-order valence-electron chi connectivity index (χ3n) is 3.97. The molecule has 3 aromatic rings. The van der Waals surface area contributed by atoms with E-state index in [1.165, 1.54) is 29.2 Å². The van der Waals surface area contributed by atoms with Crippen LogP contribution in [0.3, 0.4) is 0 Å². The van der Waals surface area contributed by atoms with Crippen molar-refractivity contribution in [1.82, 2.24) is 4.98 Å². The fraction of sp³-hybridized carbons (Fsp3) is 0.250. The summed E-state index contributed by atoms with van der Waals surface area (Å²) in [6, 6.07) is 12.1. The largest absolute Gasteiger partial charge is 0.494 e. The molecule has 8 heteroatoms. The van der Waals surface area contributed by atoms with Gasteiger partial charge in [0.2, 0.25) is 5.91 Å². The Morgan fingerprint density at radius 1 is 1.25 bits per heavy atom. The second-order valence-electron chi connectivity index (χ2n) is 5.90. The summed E-state index contributed by atoms with van der Waals surface area (Å²) in [6.45, 7) is 4.45. The number of carbonyl (C=O) groups is 2. The van der Waals surface area contributed by atoms with Crippen LogP contribution in [0.1, 0.15) is 30.6 Å². The Kier molecular flexibility index (Phi) is 6.53. The van der Waals surface area contributed by atoms with Crippen LogP contribution < -0.4 is 10.1 Å². The van der Waals surface area contributed by atoms with E-state index in [0.717, 1.165) is 20.3 Å². The first-order valence-corrected chi connectivity index (χ1v) is 10.5. The van der Waals surface area contributed by atoms with Gasteiger partial charge in [0.05, 0.1) is 33.3 Å². The highest BCUT2D eigenvalue weighted by molar-refractivity contribution is 8.02. The highest BCUT2D eigenvalue weighted by Crippen LogP contribution is 2.35. The Bertz CT molecular complexity index is 1000. The summed E-state index contributed by atoms with van der Waals surface area (Å²) in [4.78, 5) is 28.6. The first kappa shape index (κ1) is 20.2. The van der Waals surface area contributed by atoms with E-state index in [1.807, 2.05) is 32.0 Å². The van der Waals surface area contributed by atoms with E-state index in [1.54, 1.807) is 18.2 Å². The molecular formula is C20H20N2O4S2. The van der Waals surface area contributed by atoms with Crippen LogP contribution >= 0.6 is 23.1 Å². The number of amides is 1. The number of nitrogens with zero attached hydrogens (tertiary/aromatic N) is 1. The van der Waals surface area contributed by atoms with Crippen LogP contribution in [-0.4, -0.2) is 33.8 Å². The molecule has 3 rings (SSSR count). The van der Waals surface area contributed by atoms with E-state index in [2.05, 4.69) is 10.3 Å². The van der Waals surface area contributed by atoms with Crippen LogP contribution in [0, 0.1) is 0 Å². The van der Waals surface area contributed by atoms with Crippen LogP contribution in [-0.2, 0) is 4.79 Å². The predicted octanol–water partition coefficient (Wildman–Crippen LogP) is 4.90. The fourth-order valence-electron chi connectivity index (χ4n) is 2.63. The lowest BCUT2D eigenvalue weighted by molar-refractivity contribution is -0.115. The summed E-state index contributed by atoms with van der Waals surface area (Å²) in [5.74, 6) is -0.520. The molecule has 0 bridgehead atoms. The number of anilines is 1. The van der Waals surface area contributed by atoms with Gasteiger partial charge >= 0.3 is 5.97 Å². The standard InChI is InChI=1S/C20H20N2O4S2/c1-3-16(18(23)21-14-8-6-5-7-13(14)19(24)25)27-20-22-15-10-9-12(26-4-2)11-17(15)28-20/h5-11,16H,3-4H2,1-2H3,(H,21,23)(H,24,25). The Morgan fingerprint density at radius 2 is 2.04 bits per heavy atom. The fourth-order valence-corrected chi connectivity index (χ4v) is 4.89. The molecule has 0 aliphatic carbocycles. The van der Waals surface area contributed by atoms with Gasteiger partial charge in [-0.1, -0.05) is 30.8 Å². The molecule has 2 N–H and O–H groups in total. The van der Waals surface area contributed by atoms with Crippen LogP contribution in [0.2, 0.25) is 0 Å². The molecule has 1 heterocycles. The summed E-state index contributed by atoms with van der Waals surface area (Å²) >= 11 is 2.89. The highest BCUT2D eigenvalue weighted by atomic mass is 32.2. The normalized spacial score (nSPS) is 11.9. The number of benzene rings is 2. The number of ether oxygens (including phenoxy) is 1. The molecular weight excluding hydrogens is 396 g/mol. The van der Waals surface area contributed by atoms with Gasteiger partial charge in [0.15, 0.2) is 4.34 Å². The number of aromatic nitrogens is 1. The van der Waals surface area contributed by atoms with Crippen LogP contribution in [0.5, 0.6) is 5.75 Å². The molecule has 0 saturated heterocycles. The number of carboxylic acids is 1. The number of carboxylic acid groups (broad SMARTS) is 1. The highest BCUT2D eigenvalue weighted by Gasteiger charge is 2.22. The maximum Gasteiger partial charge on any atom is 0.337 e. The number of rotatable bonds is 8. The van der Waals surface area contributed by atoms with Gasteiger partial charge in [-0.05, 0) is 43.7 Å². The van der Waals surface area contributed by atoms with E-state index in [9.17, 15) is 14.7 Å². The van der Waals surface area contributed by atoms with Crippen molar-refractivity contribution >= 4 is 50.9 Å². The SMILES string of the molecule is CCOc1ccc2nc(SC(CC)C(=O)Nc3ccccc3C(=O)O)sc2c1. The molecule has 0 saturated carbocycles. The maximum absolute atomic E-state index is 12.7. The number of nitrogens with one attached hydrogen (secondary N) is 1. The molecule has 1 amide bonds. The van der Waals surface area contributed by atoms with Gasteiger partial charge in [0.1, 0.15) is 5.75 Å². The predicted molar refractivity (Wildman–Crippen MR) is 113 cm³/mol. The van der Waals surface area contributed by atoms with Crippen molar-refractivity contribution in [2.24, 2.45) is 0 Å². The number of thiazole rings is 1. The number of fused-ring (bicyclic) bond motifs is 1. The summed E-state index contributed by atoms with van der Waals surface area (Å²) < 4.78 is 7.31. The minimum Gasteiger partial charge on any atom is -0.494 e. The lowest BCUT2D eigenvalue weighted by Crippen LogP contribution is -2.25. The van der Waals surface area contributed by atoms with Crippen molar-refractivity contribution in [3.63, 3.8) is 0 Å². The Labute approximate surface area is 170 Å². The number of carbonyl (C=O) groups excluding carboxylic acids is 1. The Balaban J connectivity index is 1.76. The van der Waals surface area contributed by atoms with Gasteiger partial charge in [-0.15, -0.1) is 11.3 Å². The van der Waals surface area contributed by atoms with E-state index in [0.29, 0.717) is 18.7 Å². The zero-order chi connectivity index (χ0) is 20.1. The minimum atomic E-state index is -1.08. The summed E-state index contributed by atoms with van der Waals surface area (Å²) in [5.41, 5.74) is 1.23. The van der Waals surface area contributed by atoms with Gasteiger partial charge in [0.25, 0.3) is 0 Å². The van der Waals surface area contributed by atoms with Crippen LogP contribution in [0.15, 0.2) is 46.8 Å². The first-order valence-electron chi connectivity index (χ1n) is 8.85. The molecule has 1 atom stereocenters. The molecule has 0 fully saturated rings.